The number of hydrogen-bond acceptors (Lipinski definition) is 5. The van der Waals surface area contributed by atoms with Gasteiger partial charge in [0.05, 0.1) is 16.1 Å². The number of carbonyl (C=O) groups excluding carboxylic acids is 1. The highest BCUT2D eigenvalue weighted by Gasteiger charge is 2.29. The van der Waals surface area contributed by atoms with E-state index in [1.54, 1.807) is 22.0 Å². The maximum Gasteiger partial charge on any atom is 0.253 e. The molecule has 1 aliphatic carbocycles. The molecule has 3 heterocycles. The molecule has 1 aliphatic rings. The summed E-state index contributed by atoms with van der Waals surface area (Å²) in [6, 6.07) is 12.4. The summed E-state index contributed by atoms with van der Waals surface area (Å²) in [4.78, 5) is 22.6. The van der Waals surface area contributed by atoms with Gasteiger partial charge in [0.2, 0.25) is 0 Å². The van der Waals surface area contributed by atoms with Crippen LogP contribution in [0, 0.1) is 6.92 Å². The fourth-order valence-corrected chi connectivity index (χ4v) is 4.19. The summed E-state index contributed by atoms with van der Waals surface area (Å²) in [6.45, 7) is 2.07. The quantitative estimate of drug-likeness (QED) is 0.540. The van der Waals surface area contributed by atoms with Crippen molar-refractivity contribution >= 4 is 22.9 Å². The average molecular weight is 360 g/mol. The number of benzene rings is 1. The van der Waals surface area contributed by atoms with Crippen LogP contribution < -0.4 is 0 Å². The van der Waals surface area contributed by atoms with Crippen molar-refractivity contribution in [2.45, 2.75) is 25.7 Å². The van der Waals surface area contributed by atoms with Gasteiger partial charge in [0.1, 0.15) is 0 Å². The van der Waals surface area contributed by atoms with Gasteiger partial charge in [-0.1, -0.05) is 35.9 Å². The molecule has 1 aromatic carbocycles. The van der Waals surface area contributed by atoms with Crippen molar-refractivity contribution in [1.82, 2.24) is 19.6 Å². The fraction of sp³-hybridized carbons (Fsp3) is 0.200. The van der Waals surface area contributed by atoms with Crippen LogP contribution in [0.3, 0.4) is 0 Å². The van der Waals surface area contributed by atoms with Crippen LogP contribution in [-0.4, -0.2) is 25.4 Å². The minimum atomic E-state index is 0.124. The third-order valence-electron chi connectivity index (χ3n) is 4.93. The molecule has 1 unspecified atom stereocenters. The average Bonchev–Trinajstić information content (AvgIpc) is 3.31. The summed E-state index contributed by atoms with van der Waals surface area (Å²) in [7, 11) is 0. The lowest BCUT2D eigenvalue weighted by atomic mass is 9.82. The van der Waals surface area contributed by atoms with Crippen molar-refractivity contribution < 1.29 is 4.79 Å². The van der Waals surface area contributed by atoms with Crippen molar-refractivity contribution in [3.8, 4) is 10.7 Å². The molecule has 4 aromatic rings. The van der Waals surface area contributed by atoms with Crippen LogP contribution in [0.2, 0.25) is 0 Å². The van der Waals surface area contributed by atoms with Crippen molar-refractivity contribution in [2.75, 3.05) is 0 Å². The maximum atomic E-state index is 12.7. The van der Waals surface area contributed by atoms with E-state index in [0.717, 1.165) is 17.0 Å². The normalized spacial score (nSPS) is 16.8. The SMILES string of the molecule is Cc1ccc(C2CC(=O)c3cnc4nc(-c5cccs5)nn4c3C2)cc1. The maximum absolute atomic E-state index is 12.7. The summed E-state index contributed by atoms with van der Waals surface area (Å²) >= 11 is 1.59. The molecule has 0 amide bonds. The highest BCUT2D eigenvalue weighted by Crippen LogP contribution is 2.33. The molecule has 3 aromatic heterocycles. The first-order valence-corrected chi connectivity index (χ1v) is 9.45. The second-order valence-corrected chi connectivity index (χ2v) is 7.63. The van der Waals surface area contributed by atoms with Crippen LogP contribution in [0.5, 0.6) is 0 Å². The molecule has 5 rings (SSSR count). The van der Waals surface area contributed by atoms with Crippen molar-refractivity contribution in [3.05, 3.63) is 70.4 Å². The van der Waals surface area contributed by atoms with Crippen LogP contribution in [0.25, 0.3) is 16.5 Å². The Morgan fingerprint density at radius 1 is 1.15 bits per heavy atom. The van der Waals surface area contributed by atoms with Gasteiger partial charge >= 0.3 is 0 Å². The second-order valence-electron chi connectivity index (χ2n) is 6.68. The van der Waals surface area contributed by atoms with E-state index in [2.05, 4.69) is 46.3 Å². The Hall–Kier alpha value is -2.86. The Bertz CT molecular complexity index is 1110. The minimum absolute atomic E-state index is 0.124. The standard InChI is InChI=1S/C20H16N4OS/c1-12-4-6-13(7-5-12)14-9-16-15(17(25)10-14)11-21-20-22-19(23-24(16)20)18-3-2-8-26-18/h2-8,11,14H,9-10H2,1H3. The summed E-state index contributed by atoms with van der Waals surface area (Å²) < 4.78 is 1.75. The second kappa shape index (κ2) is 5.85. The zero-order chi connectivity index (χ0) is 17.7. The van der Waals surface area contributed by atoms with Crippen molar-refractivity contribution in [2.24, 2.45) is 0 Å². The molecule has 5 nitrogen and oxygen atoms in total. The zero-order valence-electron chi connectivity index (χ0n) is 14.2. The molecule has 0 aliphatic heterocycles. The van der Waals surface area contributed by atoms with Crippen molar-refractivity contribution in [1.29, 1.82) is 0 Å². The van der Waals surface area contributed by atoms with Gasteiger partial charge in [-0.05, 0) is 36.3 Å². The number of thiophene rings is 1. The number of Topliss-reactive ketones (excluding diaryl/α,β-unsaturated/α-hetero) is 1. The molecule has 1 atom stereocenters. The summed E-state index contributed by atoms with van der Waals surface area (Å²) in [6.07, 6.45) is 2.93. The highest BCUT2D eigenvalue weighted by atomic mass is 32.1. The van der Waals surface area contributed by atoms with Gasteiger partial charge in [0.25, 0.3) is 5.78 Å². The molecule has 0 spiro atoms. The summed E-state index contributed by atoms with van der Waals surface area (Å²) in [5.41, 5.74) is 3.99. The van der Waals surface area contributed by atoms with Crippen LogP contribution in [-0.2, 0) is 6.42 Å². The molecule has 128 valence electrons. The van der Waals surface area contributed by atoms with Gasteiger partial charge in [-0.2, -0.15) is 9.50 Å². The lowest BCUT2D eigenvalue weighted by molar-refractivity contribution is 0.0962. The molecule has 0 bridgehead atoms. The Balaban J connectivity index is 1.62. The number of carbonyl (C=O) groups is 1. The third-order valence-corrected chi connectivity index (χ3v) is 5.79. The highest BCUT2D eigenvalue weighted by molar-refractivity contribution is 7.13. The van der Waals surface area contributed by atoms with E-state index >= 15 is 0 Å². The number of aromatic nitrogens is 4. The Morgan fingerprint density at radius 3 is 2.77 bits per heavy atom. The smallest absolute Gasteiger partial charge is 0.253 e. The number of fused-ring (bicyclic) bond motifs is 3. The molecular formula is C20H16N4OS. The lowest BCUT2D eigenvalue weighted by Gasteiger charge is -2.24. The van der Waals surface area contributed by atoms with E-state index in [1.165, 1.54) is 11.1 Å². The van der Waals surface area contributed by atoms with Gasteiger partial charge in [-0.25, -0.2) is 4.98 Å². The third kappa shape index (κ3) is 2.45. The zero-order valence-corrected chi connectivity index (χ0v) is 15.0. The summed E-state index contributed by atoms with van der Waals surface area (Å²) in [5, 5.41) is 6.65. The fourth-order valence-electron chi connectivity index (χ4n) is 3.53. The Kier molecular flexibility index (Phi) is 3.46. The summed E-state index contributed by atoms with van der Waals surface area (Å²) in [5.74, 6) is 1.49. The van der Waals surface area contributed by atoms with E-state index in [-0.39, 0.29) is 11.7 Å². The monoisotopic (exact) mass is 360 g/mol. The van der Waals surface area contributed by atoms with Gasteiger partial charge in [-0.15, -0.1) is 16.4 Å². The molecule has 0 fully saturated rings. The van der Waals surface area contributed by atoms with Crippen LogP contribution in [0.15, 0.2) is 48.0 Å². The molecule has 6 heteroatoms. The van der Waals surface area contributed by atoms with Gasteiger partial charge in [0.15, 0.2) is 11.6 Å². The van der Waals surface area contributed by atoms with E-state index in [4.69, 9.17) is 0 Å². The van der Waals surface area contributed by atoms with Crippen LogP contribution >= 0.6 is 11.3 Å². The Morgan fingerprint density at radius 2 is 2.00 bits per heavy atom. The van der Waals surface area contributed by atoms with E-state index in [0.29, 0.717) is 23.6 Å². The topological polar surface area (TPSA) is 60.2 Å². The molecular weight excluding hydrogens is 344 g/mol. The number of aryl methyl sites for hydroxylation is 1. The number of nitrogens with zero attached hydrogens (tertiary/aromatic N) is 4. The minimum Gasteiger partial charge on any atom is -0.294 e. The molecule has 0 N–H and O–H groups in total. The first kappa shape index (κ1) is 15.4. The van der Waals surface area contributed by atoms with Crippen molar-refractivity contribution in [3.63, 3.8) is 0 Å². The molecule has 26 heavy (non-hydrogen) atoms. The predicted molar refractivity (Wildman–Crippen MR) is 101 cm³/mol. The first-order chi connectivity index (χ1) is 12.7. The number of rotatable bonds is 2. The lowest BCUT2D eigenvalue weighted by Crippen LogP contribution is -2.22. The number of ketones is 1. The largest absolute Gasteiger partial charge is 0.294 e. The van der Waals surface area contributed by atoms with Gasteiger partial charge in [-0.3, -0.25) is 4.79 Å². The van der Waals surface area contributed by atoms with Gasteiger partial charge in [0, 0.05) is 12.6 Å². The first-order valence-electron chi connectivity index (χ1n) is 8.57. The van der Waals surface area contributed by atoms with Crippen LogP contribution in [0.1, 0.15) is 39.5 Å². The van der Waals surface area contributed by atoms with E-state index in [1.807, 2.05) is 17.5 Å². The van der Waals surface area contributed by atoms with Gasteiger partial charge < -0.3 is 0 Å². The van der Waals surface area contributed by atoms with E-state index in [9.17, 15) is 4.79 Å². The molecule has 0 saturated heterocycles. The Labute approximate surface area is 154 Å². The molecule has 0 saturated carbocycles. The molecule has 0 radical (unpaired) electrons. The van der Waals surface area contributed by atoms with E-state index < -0.39 is 0 Å². The van der Waals surface area contributed by atoms with Crippen LogP contribution in [0.4, 0.5) is 0 Å². The number of hydrogen-bond donors (Lipinski definition) is 0. The predicted octanol–water partition coefficient (Wildman–Crippen LogP) is 4.07.